The summed E-state index contributed by atoms with van der Waals surface area (Å²) in [6, 6.07) is 1.99. The molecule has 0 saturated carbocycles. The van der Waals surface area contributed by atoms with E-state index in [0.717, 1.165) is 18.2 Å². The van der Waals surface area contributed by atoms with Crippen LogP contribution in [0.2, 0.25) is 0 Å². The monoisotopic (exact) mass is 385 g/mol. The van der Waals surface area contributed by atoms with E-state index >= 15 is 0 Å². The zero-order valence-electron chi connectivity index (χ0n) is 15.9. The average molecular weight is 385 g/mol. The topological polar surface area (TPSA) is 73.9 Å². The summed E-state index contributed by atoms with van der Waals surface area (Å²) in [5.74, 6) is -2.41. The molecular weight excluding hydrogens is 360 g/mol. The summed E-state index contributed by atoms with van der Waals surface area (Å²) < 4.78 is 44.1. The molecule has 0 aliphatic carbocycles. The van der Waals surface area contributed by atoms with Gasteiger partial charge in [-0.3, -0.25) is 4.79 Å². The van der Waals surface area contributed by atoms with Crippen LogP contribution < -0.4 is 5.32 Å². The standard InChI is InChI=1S/C19H25F2NO5/c1-5-25-9-13-15(23)10-26-17(12-8-11(20)6-7-14(12)21)16(13)22-18(24)27-19(2,3)4/h6-8,13,16-17H,5,9-10H2,1-4H3,(H,22,24)/t13?,16-,17+/m0/s1. The zero-order valence-corrected chi connectivity index (χ0v) is 15.9. The van der Waals surface area contributed by atoms with Crippen LogP contribution in [0.1, 0.15) is 39.4 Å². The van der Waals surface area contributed by atoms with Crippen LogP contribution in [0.4, 0.5) is 13.6 Å². The van der Waals surface area contributed by atoms with Gasteiger partial charge in [0.05, 0.1) is 18.6 Å². The molecule has 3 atom stereocenters. The van der Waals surface area contributed by atoms with Crippen molar-refractivity contribution in [1.29, 1.82) is 0 Å². The van der Waals surface area contributed by atoms with Gasteiger partial charge >= 0.3 is 6.09 Å². The van der Waals surface area contributed by atoms with E-state index in [1.165, 1.54) is 0 Å². The molecule has 0 spiro atoms. The van der Waals surface area contributed by atoms with Crippen molar-refractivity contribution in [3.63, 3.8) is 0 Å². The van der Waals surface area contributed by atoms with Gasteiger partial charge in [0.15, 0.2) is 5.78 Å². The lowest BCUT2D eigenvalue weighted by atomic mass is 9.86. The summed E-state index contributed by atoms with van der Waals surface area (Å²) in [5.41, 5.74) is -0.844. The highest BCUT2D eigenvalue weighted by molar-refractivity contribution is 5.84. The van der Waals surface area contributed by atoms with E-state index in [1.807, 2.05) is 0 Å². The first-order valence-corrected chi connectivity index (χ1v) is 8.79. The Kier molecular flexibility index (Phi) is 6.89. The molecule has 1 saturated heterocycles. The molecule has 2 rings (SSSR count). The highest BCUT2D eigenvalue weighted by Crippen LogP contribution is 2.33. The van der Waals surface area contributed by atoms with Gasteiger partial charge in [-0.25, -0.2) is 13.6 Å². The van der Waals surface area contributed by atoms with Crippen LogP contribution in [-0.2, 0) is 19.0 Å². The Labute approximate surface area is 157 Å². The van der Waals surface area contributed by atoms with Crippen molar-refractivity contribution in [3.05, 3.63) is 35.4 Å². The van der Waals surface area contributed by atoms with Crippen molar-refractivity contribution in [2.75, 3.05) is 19.8 Å². The number of amides is 1. The molecule has 1 amide bonds. The van der Waals surface area contributed by atoms with Crippen molar-refractivity contribution in [1.82, 2.24) is 5.32 Å². The predicted octanol–water partition coefficient (Wildman–Crippen LogP) is 3.15. The van der Waals surface area contributed by atoms with Crippen LogP contribution in [0, 0.1) is 17.6 Å². The molecule has 8 heteroatoms. The van der Waals surface area contributed by atoms with Crippen molar-refractivity contribution >= 4 is 11.9 Å². The first-order valence-electron chi connectivity index (χ1n) is 8.79. The van der Waals surface area contributed by atoms with Gasteiger partial charge in [-0.05, 0) is 45.9 Å². The second kappa shape index (κ2) is 8.75. The normalized spacial score (nSPS) is 23.2. The third-order valence-electron chi connectivity index (χ3n) is 4.03. The predicted molar refractivity (Wildman–Crippen MR) is 93.2 cm³/mol. The maximum absolute atomic E-state index is 14.3. The lowest BCUT2D eigenvalue weighted by Gasteiger charge is -2.38. The number of hydrogen-bond acceptors (Lipinski definition) is 5. The summed E-state index contributed by atoms with van der Waals surface area (Å²) in [6.45, 7) is 6.94. The van der Waals surface area contributed by atoms with Crippen molar-refractivity contribution in [3.8, 4) is 0 Å². The molecule has 6 nitrogen and oxygen atoms in total. The SMILES string of the molecule is CCOCC1C(=O)CO[C@H](c2cc(F)ccc2F)[C@H]1NC(=O)OC(C)(C)C. The number of benzene rings is 1. The first kappa shape index (κ1) is 21.2. The maximum Gasteiger partial charge on any atom is 0.407 e. The van der Waals surface area contributed by atoms with Gasteiger partial charge < -0.3 is 19.5 Å². The van der Waals surface area contributed by atoms with E-state index in [4.69, 9.17) is 14.2 Å². The van der Waals surface area contributed by atoms with Crippen LogP contribution in [0.5, 0.6) is 0 Å². The third kappa shape index (κ3) is 5.71. The molecule has 0 radical (unpaired) electrons. The number of ether oxygens (including phenoxy) is 3. The van der Waals surface area contributed by atoms with Crippen LogP contribution in [0.3, 0.4) is 0 Å². The number of carbonyl (C=O) groups excluding carboxylic acids is 2. The number of carbonyl (C=O) groups is 2. The number of hydrogen-bond donors (Lipinski definition) is 1. The molecule has 0 bridgehead atoms. The molecule has 1 aliphatic heterocycles. The fraction of sp³-hybridized carbons (Fsp3) is 0.579. The van der Waals surface area contributed by atoms with E-state index in [-0.39, 0.29) is 24.6 Å². The van der Waals surface area contributed by atoms with E-state index in [1.54, 1.807) is 27.7 Å². The lowest BCUT2D eigenvalue weighted by Crippen LogP contribution is -2.54. The van der Waals surface area contributed by atoms with E-state index in [9.17, 15) is 18.4 Å². The van der Waals surface area contributed by atoms with Gasteiger partial charge in [-0.15, -0.1) is 0 Å². The highest BCUT2D eigenvalue weighted by Gasteiger charge is 2.43. The smallest absolute Gasteiger partial charge is 0.407 e. The first-order chi connectivity index (χ1) is 12.6. The number of Topliss-reactive ketones (excluding diaryl/α,β-unsaturated/α-hetero) is 1. The molecule has 1 aromatic carbocycles. The number of ketones is 1. The molecule has 1 N–H and O–H groups in total. The molecular formula is C19H25F2NO5. The second-order valence-corrected chi connectivity index (χ2v) is 7.30. The van der Waals surface area contributed by atoms with Gasteiger partial charge in [0.1, 0.15) is 29.9 Å². The van der Waals surface area contributed by atoms with E-state index < -0.39 is 41.4 Å². The molecule has 150 valence electrons. The molecule has 0 aromatic heterocycles. The molecule has 1 fully saturated rings. The minimum Gasteiger partial charge on any atom is -0.444 e. The summed E-state index contributed by atoms with van der Waals surface area (Å²) in [6.07, 6.45) is -1.84. The maximum atomic E-state index is 14.3. The van der Waals surface area contributed by atoms with Gasteiger partial charge in [0.25, 0.3) is 0 Å². The van der Waals surface area contributed by atoms with Crippen LogP contribution in [0.15, 0.2) is 18.2 Å². The van der Waals surface area contributed by atoms with Crippen LogP contribution in [-0.4, -0.2) is 43.3 Å². The summed E-state index contributed by atoms with van der Waals surface area (Å²) in [5, 5.41) is 2.58. The largest absolute Gasteiger partial charge is 0.444 e. The Morgan fingerprint density at radius 3 is 2.67 bits per heavy atom. The quantitative estimate of drug-likeness (QED) is 0.843. The Morgan fingerprint density at radius 1 is 1.33 bits per heavy atom. The van der Waals surface area contributed by atoms with Crippen molar-refractivity contribution < 1.29 is 32.6 Å². The minimum atomic E-state index is -1.06. The second-order valence-electron chi connectivity index (χ2n) is 7.30. The van der Waals surface area contributed by atoms with E-state index in [2.05, 4.69) is 5.32 Å². The zero-order chi connectivity index (χ0) is 20.2. The van der Waals surface area contributed by atoms with Gasteiger partial charge in [0.2, 0.25) is 0 Å². The van der Waals surface area contributed by atoms with Gasteiger partial charge in [-0.1, -0.05) is 0 Å². The van der Waals surface area contributed by atoms with Gasteiger partial charge in [-0.2, -0.15) is 0 Å². The highest BCUT2D eigenvalue weighted by atomic mass is 19.1. The third-order valence-corrected chi connectivity index (χ3v) is 4.03. The fourth-order valence-electron chi connectivity index (χ4n) is 2.87. The molecule has 27 heavy (non-hydrogen) atoms. The summed E-state index contributed by atoms with van der Waals surface area (Å²) in [7, 11) is 0. The Morgan fingerprint density at radius 2 is 2.04 bits per heavy atom. The fourth-order valence-corrected chi connectivity index (χ4v) is 2.87. The number of nitrogens with one attached hydrogen (secondary N) is 1. The number of halogens is 2. The van der Waals surface area contributed by atoms with E-state index in [0.29, 0.717) is 6.61 Å². The van der Waals surface area contributed by atoms with Crippen molar-refractivity contribution in [2.45, 2.75) is 45.4 Å². The molecule has 1 aliphatic rings. The van der Waals surface area contributed by atoms with Crippen molar-refractivity contribution in [2.24, 2.45) is 5.92 Å². The number of rotatable bonds is 5. The molecule has 1 heterocycles. The number of alkyl carbamates (subject to hydrolysis) is 1. The lowest BCUT2D eigenvalue weighted by molar-refractivity contribution is -0.145. The van der Waals surface area contributed by atoms with Gasteiger partial charge in [0, 0.05) is 12.2 Å². The summed E-state index contributed by atoms with van der Waals surface area (Å²) in [4.78, 5) is 24.6. The average Bonchev–Trinajstić information content (AvgIpc) is 2.55. The summed E-state index contributed by atoms with van der Waals surface area (Å²) >= 11 is 0. The molecule has 1 unspecified atom stereocenters. The Bertz CT molecular complexity index is 689. The Balaban J connectivity index is 2.35. The minimum absolute atomic E-state index is 0.0204. The van der Waals surface area contributed by atoms with Crippen LogP contribution >= 0.6 is 0 Å². The molecule has 1 aromatic rings. The Hall–Kier alpha value is -2.06. The van der Waals surface area contributed by atoms with Crippen LogP contribution in [0.25, 0.3) is 0 Å².